The van der Waals surface area contributed by atoms with Crippen LogP contribution < -0.4 is 10.8 Å². The summed E-state index contributed by atoms with van der Waals surface area (Å²) in [5.41, 5.74) is 4.96. The first kappa shape index (κ1) is 14.6. The van der Waals surface area contributed by atoms with Gasteiger partial charge in [-0.15, -0.1) is 0 Å². The Morgan fingerprint density at radius 1 is 1.32 bits per heavy atom. The van der Waals surface area contributed by atoms with Crippen LogP contribution in [0.1, 0.15) is 48.7 Å². The van der Waals surface area contributed by atoms with Crippen LogP contribution in [-0.2, 0) is 0 Å². The summed E-state index contributed by atoms with van der Waals surface area (Å²) in [5.74, 6) is 0.116. The SMILES string of the molecule is CC(C)c1nn(-c2ccc(NO)cc2)cc1C(=O)NC1CC1. The zero-order chi connectivity index (χ0) is 15.7. The number of nitrogens with zero attached hydrogens (tertiary/aromatic N) is 2. The second-order valence-electron chi connectivity index (χ2n) is 5.93. The summed E-state index contributed by atoms with van der Waals surface area (Å²) >= 11 is 0. The van der Waals surface area contributed by atoms with E-state index in [1.54, 1.807) is 23.0 Å². The van der Waals surface area contributed by atoms with Crippen LogP contribution >= 0.6 is 0 Å². The number of benzene rings is 1. The van der Waals surface area contributed by atoms with Gasteiger partial charge in [-0.25, -0.2) is 4.68 Å². The van der Waals surface area contributed by atoms with Crippen LogP contribution in [0.4, 0.5) is 5.69 Å². The van der Waals surface area contributed by atoms with Crippen molar-refractivity contribution in [2.75, 3.05) is 5.48 Å². The highest BCUT2D eigenvalue weighted by Crippen LogP contribution is 2.23. The number of anilines is 1. The summed E-state index contributed by atoms with van der Waals surface area (Å²) in [6.07, 6.45) is 3.90. The van der Waals surface area contributed by atoms with Crippen molar-refractivity contribution in [3.05, 3.63) is 41.7 Å². The number of amides is 1. The molecule has 6 heteroatoms. The third-order valence-electron chi connectivity index (χ3n) is 3.71. The minimum absolute atomic E-state index is 0.0499. The van der Waals surface area contributed by atoms with Crippen molar-refractivity contribution >= 4 is 11.6 Å². The number of aromatic nitrogens is 2. The van der Waals surface area contributed by atoms with Crippen molar-refractivity contribution in [1.29, 1.82) is 0 Å². The predicted octanol–water partition coefficient (Wildman–Crippen LogP) is 2.69. The van der Waals surface area contributed by atoms with Crippen LogP contribution in [0.5, 0.6) is 0 Å². The molecule has 1 fully saturated rings. The highest BCUT2D eigenvalue weighted by Gasteiger charge is 2.26. The second-order valence-corrected chi connectivity index (χ2v) is 5.93. The molecule has 22 heavy (non-hydrogen) atoms. The number of carbonyl (C=O) groups excluding carboxylic acids is 1. The van der Waals surface area contributed by atoms with E-state index in [4.69, 9.17) is 5.21 Å². The van der Waals surface area contributed by atoms with E-state index in [2.05, 4.69) is 15.9 Å². The van der Waals surface area contributed by atoms with Crippen LogP contribution in [-0.4, -0.2) is 26.9 Å². The summed E-state index contributed by atoms with van der Waals surface area (Å²) in [4.78, 5) is 12.4. The minimum Gasteiger partial charge on any atom is -0.349 e. The molecule has 6 nitrogen and oxygen atoms in total. The van der Waals surface area contributed by atoms with E-state index in [1.807, 2.05) is 26.0 Å². The van der Waals surface area contributed by atoms with Gasteiger partial charge in [0.2, 0.25) is 0 Å². The van der Waals surface area contributed by atoms with Gasteiger partial charge in [-0.1, -0.05) is 13.8 Å². The molecule has 3 N–H and O–H groups in total. The van der Waals surface area contributed by atoms with Gasteiger partial charge in [-0.2, -0.15) is 5.10 Å². The fourth-order valence-electron chi connectivity index (χ4n) is 2.30. The number of hydrogen-bond acceptors (Lipinski definition) is 4. The maximum Gasteiger partial charge on any atom is 0.255 e. The van der Waals surface area contributed by atoms with Crippen molar-refractivity contribution in [2.45, 2.75) is 38.6 Å². The molecule has 0 radical (unpaired) electrons. The maximum atomic E-state index is 12.4. The monoisotopic (exact) mass is 300 g/mol. The van der Waals surface area contributed by atoms with Crippen molar-refractivity contribution in [2.24, 2.45) is 0 Å². The molecule has 1 saturated carbocycles. The van der Waals surface area contributed by atoms with E-state index in [9.17, 15) is 4.79 Å². The van der Waals surface area contributed by atoms with E-state index in [1.165, 1.54) is 0 Å². The standard InChI is InChI=1S/C16H20N4O2/c1-10(2)15-14(16(21)17-11-3-4-11)9-20(18-15)13-7-5-12(19-22)6-8-13/h5-11,19,22H,3-4H2,1-2H3,(H,17,21). The summed E-state index contributed by atoms with van der Waals surface area (Å²) < 4.78 is 1.71. The zero-order valence-corrected chi connectivity index (χ0v) is 12.7. The number of hydrogen-bond donors (Lipinski definition) is 3. The minimum atomic E-state index is -0.0499. The number of nitrogens with one attached hydrogen (secondary N) is 2. The Labute approximate surface area is 129 Å². The van der Waals surface area contributed by atoms with Gasteiger partial charge in [0.15, 0.2) is 0 Å². The van der Waals surface area contributed by atoms with Crippen LogP contribution in [0.15, 0.2) is 30.5 Å². The third-order valence-corrected chi connectivity index (χ3v) is 3.71. The normalized spacial score (nSPS) is 14.2. The van der Waals surface area contributed by atoms with Gasteiger partial charge in [-0.05, 0) is 43.0 Å². The lowest BCUT2D eigenvalue weighted by molar-refractivity contribution is 0.0950. The summed E-state index contributed by atoms with van der Waals surface area (Å²) in [6.45, 7) is 4.05. The Hall–Kier alpha value is -2.34. The number of rotatable bonds is 5. The second kappa shape index (κ2) is 5.81. The molecule has 3 rings (SSSR count). The van der Waals surface area contributed by atoms with Gasteiger partial charge in [0, 0.05) is 12.2 Å². The quantitative estimate of drug-likeness (QED) is 0.742. The molecule has 1 aliphatic rings. The van der Waals surface area contributed by atoms with Gasteiger partial charge in [0.25, 0.3) is 5.91 Å². The Bertz CT molecular complexity index is 672. The molecule has 0 atom stereocenters. The Morgan fingerprint density at radius 2 is 2.00 bits per heavy atom. The molecule has 1 aromatic heterocycles. The molecule has 1 heterocycles. The van der Waals surface area contributed by atoms with Crippen molar-refractivity contribution in [3.8, 4) is 5.69 Å². The molecule has 2 aromatic rings. The molecular weight excluding hydrogens is 280 g/mol. The summed E-state index contributed by atoms with van der Waals surface area (Å²) in [6, 6.07) is 7.48. The van der Waals surface area contributed by atoms with Crippen LogP contribution in [0.25, 0.3) is 5.69 Å². The van der Waals surface area contributed by atoms with Crippen molar-refractivity contribution in [1.82, 2.24) is 15.1 Å². The first-order valence-electron chi connectivity index (χ1n) is 7.49. The highest BCUT2D eigenvalue weighted by molar-refractivity contribution is 5.95. The Kier molecular flexibility index (Phi) is 3.85. The van der Waals surface area contributed by atoms with Gasteiger partial charge in [-0.3, -0.25) is 15.5 Å². The van der Waals surface area contributed by atoms with Gasteiger partial charge in [0.05, 0.1) is 22.6 Å². The molecule has 0 saturated heterocycles. The van der Waals surface area contributed by atoms with E-state index in [0.717, 1.165) is 24.2 Å². The molecule has 0 aliphatic heterocycles. The maximum absolute atomic E-state index is 12.4. The smallest absolute Gasteiger partial charge is 0.255 e. The fourth-order valence-corrected chi connectivity index (χ4v) is 2.30. The molecule has 1 aromatic carbocycles. The average molecular weight is 300 g/mol. The molecule has 0 unspecified atom stereocenters. The molecule has 0 spiro atoms. The first-order chi connectivity index (χ1) is 10.6. The Morgan fingerprint density at radius 3 is 2.55 bits per heavy atom. The predicted molar refractivity (Wildman–Crippen MR) is 83.6 cm³/mol. The molecule has 116 valence electrons. The molecule has 1 amide bonds. The van der Waals surface area contributed by atoms with Crippen LogP contribution in [0.3, 0.4) is 0 Å². The largest absolute Gasteiger partial charge is 0.349 e. The number of carbonyl (C=O) groups is 1. The van der Waals surface area contributed by atoms with Crippen molar-refractivity contribution in [3.63, 3.8) is 0 Å². The highest BCUT2D eigenvalue weighted by atomic mass is 16.5. The fraction of sp³-hybridized carbons (Fsp3) is 0.375. The zero-order valence-electron chi connectivity index (χ0n) is 12.7. The van der Waals surface area contributed by atoms with Crippen LogP contribution in [0, 0.1) is 0 Å². The van der Waals surface area contributed by atoms with E-state index in [0.29, 0.717) is 17.3 Å². The van der Waals surface area contributed by atoms with E-state index < -0.39 is 0 Å². The van der Waals surface area contributed by atoms with E-state index >= 15 is 0 Å². The summed E-state index contributed by atoms with van der Waals surface area (Å²) in [5, 5.41) is 16.4. The van der Waals surface area contributed by atoms with Crippen molar-refractivity contribution < 1.29 is 10.0 Å². The Balaban J connectivity index is 1.92. The first-order valence-corrected chi connectivity index (χ1v) is 7.49. The van der Waals surface area contributed by atoms with Gasteiger partial charge < -0.3 is 5.32 Å². The van der Waals surface area contributed by atoms with Crippen LogP contribution in [0.2, 0.25) is 0 Å². The molecular formula is C16H20N4O2. The third kappa shape index (κ3) is 2.96. The lowest BCUT2D eigenvalue weighted by Gasteiger charge is -2.05. The lowest BCUT2D eigenvalue weighted by atomic mass is 10.1. The van der Waals surface area contributed by atoms with E-state index in [-0.39, 0.29) is 11.8 Å². The topological polar surface area (TPSA) is 79.2 Å². The molecule has 1 aliphatic carbocycles. The molecule has 0 bridgehead atoms. The van der Waals surface area contributed by atoms with Gasteiger partial charge in [0.1, 0.15) is 0 Å². The lowest BCUT2D eigenvalue weighted by Crippen LogP contribution is -2.26. The summed E-state index contributed by atoms with van der Waals surface area (Å²) in [7, 11) is 0. The average Bonchev–Trinajstić information content (AvgIpc) is 3.21. The van der Waals surface area contributed by atoms with Gasteiger partial charge >= 0.3 is 0 Å².